The number of rotatable bonds is 3. The van der Waals surface area contributed by atoms with Gasteiger partial charge in [0.1, 0.15) is 0 Å². The number of thiazole rings is 1. The molecule has 1 heterocycles. The molecular formula is C9H9NO2S. The molecule has 0 spiro atoms. The largest absolute Gasteiger partial charge is 0.478 e. The Morgan fingerprint density at radius 2 is 2.46 bits per heavy atom. The number of allylic oxidation sites excluding steroid dienone is 2. The Hall–Kier alpha value is -1.42. The third-order valence-corrected chi connectivity index (χ3v) is 2.05. The van der Waals surface area contributed by atoms with E-state index in [0.717, 1.165) is 11.0 Å². The van der Waals surface area contributed by atoms with E-state index in [4.69, 9.17) is 5.11 Å². The maximum absolute atomic E-state index is 10.3. The van der Waals surface area contributed by atoms with E-state index in [0.29, 0.717) is 5.57 Å². The van der Waals surface area contributed by atoms with Crippen LogP contribution >= 0.6 is 11.3 Å². The van der Waals surface area contributed by atoms with Gasteiger partial charge in [0, 0.05) is 17.2 Å². The van der Waals surface area contributed by atoms with E-state index >= 15 is 0 Å². The van der Waals surface area contributed by atoms with Gasteiger partial charge in [-0.1, -0.05) is 6.08 Å². The second-order valence-corrected chi connectivity index (χ2v) is 3.38. The molecule has 0 fully saturated rings. The van der Waals surface area contributed by atoms with Crippen LogP contribution in [-0.4, -0.2) is 16.1 Å². The lowest BCUT2D eigenvalue weighted by Crippen LogP contribution is -1.87. The Bertz CT molecular complexity index is 339. The van der Waals surface area contributed by atoms with Crippen LogP contribution in [0.2, 0.25) is 0 Å². The first-order valence-corrected chi connectivity index (χ1v) is 4.54. The van der Waals surface area contributed by atoms with E-state index in [9.17, 15) is 4.79 Å². The fraction of sp³-hybridized carbons (Fsp3) is 0.111. The molecule has 68 valence electrons. The number of hydrogen-bond donors (Lipinski definition) is 1. The minimum atomic E-state index is -0.925. The van der Waals surface area contributed by atoms with Gasteiger partial charge in [-0.2, -0.15) is 0 Å². The van der Waals surface area contributed by atoms with Crippen molar-refractivity contribution in [3.63, 3.8) is 0 Å². The summed E-state index contributed by atoms with van der Waals surface area (Å²) in [4.78, 5) is 15.2. The number of carboxylic acid groups (broad SMARTS) is 1. The van der Waals surface area contributed by atoms with Crippen LogP contribution in [0.5, 0.6) is 0 Å². The smallest absolute Gasteiger partial charge is 0.328 e. The normalized spacial score (nSPS) is 12.2. The summed E-state index contributed by atoms with van der Waals surface area (Å²) in [6, 6.07) is 0. The van der Waals surface area contributed by atoms with E-state index < -0.39 is 5.97 Å². The molecule has 0 amide bonds. The molecule has 0 aromatic carbocycles. The highest BCUT2D eigenvalue weighted by Gasteiger charge is 1.90. The standard InChI is InChI=1S/C9H9NO2S/c1-7(4-9(11)12)2-3-8-5-10-6-13-8/h2-6H,1H3,(H,11,12)/b3-2+,7-4-. The van der Waals surface area contributed by atoms with Crippen molar-refractivity contribution in [3.8, 4) is 0 Å². The summed E-state index contributed by atoms with van der Waals surface area (Å²) in [6.45, 7) is 1.74. The van der Waals surface area contributed by atoms with Gasteiger partial charge in [0.15, 0.2) is 0 Å². The average molecular weight is 195 g/mol. The zero-order valence-corrected chi connectivity index (χ0v) is 7.91. The maximum atomic E-state index is 10.3. The lowest BCUT2D eigenvalue weighted by atomic mass is 10.2. The number of nitrogens with zero attached hydrogens (tertiary/aromatic N) is 1. The fourth-order valence-corrected chi connectivity index (χ4v) is 1.28. The van der Waals surface area contributed by atoms with Gasteiger partial charge in [-0.3, -0.25) is 4.98 Å². The van der Waals surface area contributed by atoms with Crippen molar-refractivity contribution in [2.45, 2.75) is 6.92 Å². The Kier molecular flexibility index (Phi) is 3.40. The van der Waals surface area contributed by atoms with E-state index in [2.05, 4.69) is 4.98 Å². The molecule has 1 aromatic rings. The lowest BCUT2D eigenvalue weighted by Gasteiger charge is -1.87. The first-order valence-electron chi connectivity index (χ1n) is 3.66. The second-order valence-electron chi connectivity index (χ2n) is 2.46. The molecule has 1 rings (SSSR count). The van der Waals surface area contributed by atoms with Crippen LogP contribution in [0.1, 0.15) is 11.8 Å². The number of carbonyl (C=O) groups is 1. The summed E-state index contributed by atoms with van der Waals surface area (Å²) in [5.41, 5.74) is 2.44. The van der Waals surface area contributed by atoms with E-state index in [1.165, 1.54) is 11.3 Å². The molecule has 3 nitrogen and oxygen atoms in total. The lowest BCUT2D eigenvalue weighted by molar-refractivity contribution is -0.131. The Morgan fingerprint density at radius 3 is 3.00 bits per heavy atom. The summed E-state index contributed by atoms with van der Waals surface area (Å²) in [5, 5.41) is 8.42. The van der Waals surface area contributed by atoms with E-state index in [1.807, 2.05) is 6.08 Å². The van der Waals surface area contributed by atoms with Crippen LogP contribution in [0, 0.1) is 0 Å². The van der Waals surface area contributed by atoms with Gasteiger partial charge in [0.05, 0.1) is 5.51 Å². The molecule has 0 unspecified atom stereocenters. The predicted molar refractivity (Wildman–Crippen MR) is 52.5 cm³/mol. The zero-order valence-electron chi connectivity index (χ0n) is 7.10. The van der Waals surface area contributed by atoms with Crippen molar-refractivity contribution >= 4 is 23.4 Å². The van der Waals surface area contributed by atoms with Gasteiger partial charge in [0.2, 0.25) is 0 Å². The van der Waals surface area contributed by atoms with Crippen molar-refractivity contribution in [2.24, 2.45) is 0 Å². The first-order chi connectivity index (χ1) is 6.18. The molecule has 4 heteroatoms. The molecule has 1 N–H and O–H groups in total. The minimum Gasteiger partial charge on any atom is -0.478 e. The third kappa shape index (κ3) is 3.66. The molecule has 0 radical (unpaired) electrons. The summed E-state index contributed by atoms with van der Waals surface area (Å²) in [6.07, 6.45) is 6.49. The van der Waals surface area contributed by atoms with Crippen molar-refractivity contribution in [1.29, 1.82) is 0 Å². The topological polar surface area (TPSA) is 50.2 Å². The SMILES string of the molecule is CC(=C/C(=O)O)/C=C/c1cncs1. The van der Waals surface area contributed by atoms with Crippen LogP contribution in [0.4, 0.5) is 0 Å². The number of hydrogen-bond acceptors (Lipinski definition) is 3. The van der Waals surface area contributed by atoms with Crippen LogP contribution in [0.15, 0.2) is 29.4 Å². The van der Waals surface area contributed by atoms with Crippen molar-refractivity contribution in [2.75, 3.05) is 0 Å². The van der Waals surface area contributed by atoms with Gasteiger partial charge < -0.3 is 5.11 Å². The maximum Gasteiger partial charge on any atom is 0.328 e. The first kappa shape index (κ1) is 9.67. The van der Waals surface area contributed by atoms with E-state index in [-0.39, 0.29) is 0 Å². The highest BCUT2D eigenvalue weighted by atomic mass is 32.1. The summed E-state index contributed by atoms with van der Waals surface area (Å²) in [5.74, 6) is -0.925. The van der Waals surface area contributed by atoms with Crippen molar-refractivity contribution in [1.82, 2.24) is 4.98 Å². The molecule has 13 heavy (non-hydrogen) atoms. The Labute approximate surface area is 80.1 Å². The van der Waals surface area contributed by atoms with Crippen LogP contribution in [-0.2, 0) is 4.79 Å². The van der Waals surface area contributed by atoms with Gasteiger partial charge in [-0.25, -0.2) is 4.79 Å². The number of aliphatic carboxylic acids is 1. The molecule has 0 aliphatic carbocycles. The quantitative estimate of drug-likeness (QED) is 0.594. The Morgan fingerprint density at radius 1 is 1.69 bits per heavy atom. The molecule has 0 bridgehead atoms. The number of carboxylic acids is 1. The van der Waals surface area contributed by atoms with Crippen molar-refractivity contribution < 1.29 is 9.90 Å². The minimum absolute atomic E-state index is 0.709. The van der Waals surface area contributed by atoms with Gasteiger partial charge >= 0.3 is 5.97 Å². The average Bonchev–Trinajstić information content (AvgIpc) is 2.51. The summed E-state index contributed by atoms with van der Waals surface area (Å²) >= 11 is 1.51. The molecular weight excluding hydrogens is 186 g/mol. The van der Waals surface area contributed by atoms with Crippen LogP contribution < -0.4 is 0 Å². The highest BCUT2D eigenvalue weighted by molar-refractivity contribution is 7.10. The fourth-order valence-electron chi connectivity index (χ4n) is 0.764. The van der Waals surface area contributed by atoms with Crippen LogP contribution in [0.25, 0.3) is 6.08 Å². The number of aromatic nitrogens is 1. The second kappa shape index (κ2) is 4.57. The van der Waals surface area contributed by atoms with Gasteiger partial charge in [0.25, 0.3) is 0 Å². The predicted octanol–water partition coefficient (Wildman–Crippen LogP) is 2.19. The highest BCUT2D eigenvalue weighted by Crippen LogP contribution is 2.09. The summed E-state index contributed by atoms with van der Waals surface area (Å²) < 4.78 is 0. The zero-order chi connectivity index (χ0) is 9.68. The molecule has 0 aliphatic rings. The van der Waals surface area contributed by atoms with Gasteiger partial charge in [-0.15, -0.1) is 11.3 Å². The molecule has 0 saturated carbocycles. The molecule has 1 aromatic heterocycles. The molecule has 0 saturated heterocycles. The van der Waals surface area contributed by atoms with Crippen molar-refractivity contribution in [3.05, 3.63) is 34.3 Å². The van der Waals surface area contributed by atoms with E-state index in [1.54, 1.807) is 24.7 Å². The molecule has 0 aliphatic heterocycles. The van der Waals surface area contributed by atoms with Crippen LogP contribution in [0.3, 0.4) is 0 Å². The Balaban J connectivity index is 2.64. The monoisotopic (exact) mass is 195 g/mol. The summed E-state index contributed by atoms with van der Waals surface area (Å²) in [7, 11) is 0. The van der Waals surface area contributed by atoms with Gasteiger partial charge in [-0.05, 0) is 18.6 Å². The molecule has 0 atom stereocenters. The third-order valence-electron chi connectivity index (χ3n) is 1.31.